The van der Waals surface area contributed by atoms with Crippen LogP contribution in [0, 0.1) is 0 Å². The van der Waals surface area contributed by atoms with E-state index in [2.05, 4.69) is 0 Å². The van der Waals surface area contributed by atoms with Crippen molar-refractivity contribution < 1.29 is 19.0 Å². The molecule has 0 fully saturated rings. The first kappa shape index (κ1) is 16.5. The van der Waals surface area contributed by atoms with Crippen LogP contribution in [-0.4, -0.2) is 13.1 Å². The number of benzene rings is 3. The highest BCUT2D eigenvalue weighted by Gasteiger charge is 2.40. The molecule has 6 heteroatoms. The third kappa shape index (κ3) is 2.52. The molecule has 5 nitrogen and oxygen atoms in total. The van der Waals surface area contributed by atoms with E-state index in [4.69, 9.17) is 31.5 Å². The predicted molar refractivity (Wildman–Crippen MR) is 99.8 cm³/mol. The topological polar surface area (TPSA) is 70.8 Å². The lowest BCUT2D eigenvalue weighted by atomic mass is 10.0. The number of nitrogen functional groups attached to an aromatic ring is 1. The van der Waals surface area contributed by atoms with Gasteiger partial charge in [0.2, 0.25) is 0 Å². The van der Waals surface area contributed by atoms with Crippen LogP contribution >= 0.6 is 11.6 Å². The number of hydrogen-bond donors (Lipinski definition) is 1. The van der Waals surface area contributed by atoms with Gasteiger partial charge in [-0.2, -0.15) is 0 Å². The molecule has 0 bridgehead atoms. The van der Waals surface area contributed by atoms with E-state index in [0.29, 0.717) is 27.8 Å². The van der Waals surface area contributed by atoms with Crippen molar-refractivity contribution in [2.24, 2.45) is 0 Å². The quantitative estimate of drug-likeness (QED) is 0.531. The number of esters is 1. The first-order valence-electron chi connectivity index (χ1n) is 8.00. The number of rotatable bonds is 2. The fraction of sp³-hybridized carbons (Fsp3) is 0.150. The van der Waals surface area contributed by atoms with Gasteiger partial charge >= 0.3 is 5.97 Å². The van der Waals surface area contributed by atoms with Gasteiger partial charge in [-0.05, 0) is 47.2 Å². The molecule has 3 aromatic carbocycles. The number of fused-ring (bicyclic) bond motifs is 2. The summed E-state index contributed by atoms with van der Waals surface area (Å²) in [6, 6.07) is 14.4. The molecule has 4 rings (SSSR count). The number of carbonyl (C=O) groups is 1. The second-order valence-electron chi connectivity index (χ2n) is 6.21. The molecule has 1 atom stereocenters. The van der Waals surface area contributed by atoms with E-state index in [0.717, 1.165) is 16.3 Å². The standard InChI is InChI=1S/C20H16ClNO4/c1-20(14-5-3-4-6-15(14)21)25-17-9-11-7-13(19(23)24-2)16(22)8-12(11)10-18(17)26-20/h3-10H,22H2,1-2H3. The molecule has 3 aromatic rings. The second kappa shape index (κ2) is 5.81. The molecule has 0 amide bonds. The fourth-order valence-electron chi connectivity index (χ4n) is 3.15. The maximum atomic E-state index is 11.9. The lowest BCUT2D eigenvalue weighted by Crippen LogP contribution is -2.31. The van der Waals surface area contributed by atoms with Gasteiger partial charge < -0.3 is 19.9 Å². The Kier molecular flexibility index (Phi) is 3.70. The summed E-state index contributed by atoms with van der Waals surface area (Å²) in [4.78, 5) is 11.9. The summed E-state index contributed by atoms with van der Waals surface area (Å²) in [5, 5.41) is 2.19. The Morgan fingerprint density at radius 3 is 2.31 bits per heavy atom. The molecule has 1 aliphatic rings. The molecule has 0 spiro atoms. The van der Waals surface area contributed by atoms with Crippen molar-refractivity contribution in [3.8, 4) is 11.5 Å². The van der Waals surface area contributed by atoms with Crippen LogP contribution in [0.15, 0.2) is 48.5 Å². The largest absolute Gasteiger partial charge is 0.465 e. The average molecular weight is 370 g/mol. The number of ether oxygens (including phenoxy) is 3. The molecule has 2 N–H and O–H groups in total. The van der Waals surface area contributed by atoms with Gasteiger partial charge in [-0.3, -0.25) is 0 Å². The van der Waals surface area contributed by atoms with E-state index in [9.17, 15) is 4.79 Å². The minimum absolute atomic E-state index is 0.313. The summed E-state index contributed by atoms with van der Waals surface area (Å²) >= 11 is 6.31. The van der Waals surface area contributed by atoms with Gasteiger partial charge in [0.1, 0.15) is 0 Å². The molecule has 0 saturated carbocycles. The second-order valence-corrected chi connectivity index (χ2v) is 6.61. The number of hydrogen-bond acceptors (Lipinski definition) is 5. The smallest absolute Gasteiger partial charge is 0.339 e. The van der Waals surface area contributed by atoms with Crippen molar-refractivity contribution in [1.82, 2.24) is 0 Å². The fourth-order valence-corrected chi connectivity index (χ4v) is 3.46. The first-order valence-corrected chi connectivity index (χ1v) is 8.38. The van der Waals surface area contributed by atoms with Crippen LogP contribution in [0.3, 0.4) is 0 Å². The van der Waals surface area contributed by atoms with Gasteiger partial charge in [-0.15, -0.1) is 0 Å². The van der Waals surface area contributed by atoms with Gasteiger partial charge in [0.05, 0.1) is 23.3 Å². The number of halogens is 1. The van der Waals surface area contributed by atoms with Crippen LogP contribution in [0.1, 0.15) is 22.8 Å². The molecule has 0 aromatic heterocycles. The van der Waals surface area contributed by atoms with Crippen LogP contribution in [0.25, 0.3) is 10.8 Å². The van der Waals surface area contributed by atoms with Crippen molar-refractivity contribution in [2.75, 3.05) is 12.8 Å². The lowest BCUT2D eigenvalue weighted by molar-refractivity contribution is -0.0678. The number of nitrogens with two attached hydrogens (primary N) is 1. The molecule has 0 aliphatic carbocycles. The monoisotopic (exact) mass is 369 g/mol. The van der Waals surface area contributed by atoms with Crippen molar-refractivity contribution in [3.05, 3.63) is 64.7 Å². The Balaban J connectivity index is 1.81. The summed E-state index contributed by atoms with van der Waals surface area (Å²) < 4.78 is 16.9. The number of methoxy groups -OCH3 is 1. The van der Waals surface area contributed by atoms with E-state index in [-0.39, 0.29) is 0 Å². The highest BCUT2D eigenvalue weighted by atomic mass is 35.5. The Hall–Kier alpha value is -2.92. The Bertz CT molecular complexity index is 1050. The highest BCUT2D eigenvalue weighted by Crippen LogP contribution is 2.47. The van der Waals surface area contributed by atoms with Crippen molar-refractivity contribution in [1.29, 1.82) is 0 Å². The normalized spacial score (nSPS) is 18.1. The third-order valence-electron chi connectivity index (χ3n) is 4.45. The van der Waals surface area contributed by atoms with Gasteiger partial charge in [0.15, 0.2) is 11.5 Å². The molecule has 1 unspecified atom stereocenters. The maximum absolute atomic E-state index is 11.9. The molecular formula is C20H16ClNO4. The summed E-state index contributed by atoms with van der Waals surface area (Å²) in [5.41, 5.74) is 7.37. The predicted octanol–water partition coefficient (Wildman–Crippen LogP) is 4.51. The van der Waals surface area contributed by atoms with Crippen LogP contribution in [0.4, 0.5) is 5.69 Å². The zero-order chi connectivity index (χ0) is 18.5. The lowest BCUT2D eigenvalue weighted by Gasteiger charge is -2.24. The minimum Gasteiger partial charge on any atom is -0.465 e. The van der Waals surface area contributed by atoms with Crippen LogP contribution in [0.2, 0.25) is 5.02 Å². The van der Waals surface area contributed by atoms with Gasteiger partial charge in [0, 0.05) is 12.6 Å². The zero-order valence-corrected chi connectivity index (χ0v) is 15.0. The van der Waals surface area contributed by atoms with Gasteiger partial charge in [-0.1, -0.05) is 23.7 Å². The van der Waals surface area contributed by atoms with E-state index < -0.39 is 11.8 Å². The summed E-state index contributed by atoms with van der Waals surface area (Å²) in [7, 11) is 1.32. The Morgan fingerprint density at radius 1 is 1.08 bits per heavy atom. The highest BCUT2D eigenvalue weighted by molar-refractivity contribution is 6.31. The van der Waals surface area contributed by atoms with Crippen molar-refractivity contribution in [2.45, 2.75) is 12.7 Å². The minimum atomic E-state index is -1.03. The molecule has 1 aliphatic heterocycles. The summed E-state index contributed by atoms with van der Waals surface area (Å²) in [6.45, 7) is 1.81. The van der Waals surface area contributed by atoms with Gasteiger partial charge in [-0.25, -0.2) is 4.79 Å². The van der Waals surface area contributed by atoms with Crippen molar-refractivity contribution in [3.63, 3.8) is 0 Å². The van der Waals surface area contributed by atoms with Crippen LogP contribution in [0.5, 0.6) is 11.5 Å². The maximum Gasteiger partial charge on any atom is 0.339 e. The first-order chi connectivity index (χ1) is 12.4. The van der Waals surface area contributed by atoms with E-state index >= 15 is 0 Å². The number of anilines is 1. The Morgan fingerprint density at radius 2 is 1.69 bits per heavy atom. The summed E-state index contributed by atoms with van der Waals surface area (Å²) in [6.07, 6.45) is 0. The third-order valence-corrected chi connectivity index (χ3v) is 4.78. The molecule has 1 heterocycles. The van der Waals surface area contributed by atoms with Crippen molar-refractivity contribution >= 4 is 34.0 Å². The summed E-state index contributed by atoms with van der Waals surface area (Å²) in [5.74, 6) is -0.358. The number of carbonyl (C=O) groups excluding carboxylic acids is 1. The van der Waals surface area contributed by atoms with Crippen LogP contribution in [-0.2, 0) is 10.5 Å². The molecule has 132 valence electrons. The molecular weight excluding hydrogens is 354 g/mol. The van der Waals surface area contributed by atoms with Gasteiger partial charge in [0.25, 0.3) is 5.79 Å². The van der Waals surface area contributed by atoms with E-state index in [1.165, 1.54) is 7.11 Å². The molecule has 26 heavy (non-hydrogen) atoms. The SMILES string of the molecule is COC(=O)c1cc2cc3c(cc2cc1N)OC(C)(c1ccccc1Cl)O3. The van der Waals surface area contributed by atoms with E-state index in [1.54, 1.807) is 18.2 Å². The molecule has 0 saturated heterocycles. The zero-order valence-electron chi connectivity index (χ0n) is 14.2. The Labute approximate surface area is 155 Å². The molecule has 0 radical (unpaired) electrons. The van der Waals surface area contributed by atoms with Crippen LogP contribution < -0.4 is 15.2 Å². The van der Waals surface area contributed by atoms with E-state index in [1.807, 2.05) is 37.3 Å². The average Bonchev–Trinajstić information content (AvgIpc) is 2.94.